The van der Waals surface area contributed by atoms with Gasteiger partial charge in [-0.25, -0.2) is 0 Å². The van der Waals surface area contributed by atoms with E-state index in [-0.39, 0.29) is 0 Å². The Balaban J connectivity index is 2.92. The van der Waals surface area contributed by atoms with E-state index in [1.807, 2.05) is 6.92 Å². The van der Waals surface area contributed by atoms with E-state index in [9.17, 15) is 4.39 Å². The number of fused-ring (bicyclic) bond motifs is 1. The topological polar surface area (TPSA) is 54.7 Å². The van der Waals surface area contributed by atoms with E-state index in [1.54, 1.807) is 12.1 Å². The molecule has 0 amide bonds. The summed E-state index contributed by atoms with van der Waals surface area (Å²) in [6, 6.07) is 3.35. The summed E-state index contributed by atoms with van der Waals surface area (Å²) >= 11 is 0. The molecule has 1 aromatic heterocycles. The Kier molecular flexibility index (Phi) is 1.30. The summed E-state index contributed by atoms with van der Waals surface area (Å²) in [4.78, 5) is 0. The van der Waals surface area contributed by atoms with Gasteiger partial charge in [-0.2, -0.15) is 4.39 Å². The molecule has 0 fully saturated rings. The quantitative estimate of drug-likeness (QED) is 0.582. The highest BCUT2D eigenvalue weighted by molar-refractivity contribution is 5.84. The number of halogens is 1. The lowest BCUT2D eigenvalue weighted by Crippen LogP contribution is -1.86. The first kappa shape index (κ1) is 7.09. The first-order valence-corrected chi connectivity index (χ1v) is 3.58. The first-order chi connectivity index (χ1) is 5.68. The highest BCUT2D eigenvalue weighted by Crippen LogP contribution is 2.21. The minimum absolute atomic E-state index is 0.451. The van der Waals surface area contributed by atoms with Gasteiger partial charge < -0.3 is 5.73 Å². The zero-order valence-corrected chi connectivity index (χ0v) is 6.56. The molecule has 2 aromatic rings. The maximum atomic E-state index is 12.9. The third-order valence-electron chi connectivity index (χ3n) is 1.85. The maximum Gasteiger partial charge on any atom is 0.240 e. The van der Waals surface area contributed by atoms with Crippen molar-refractivity contribution in [2.24, 2.45) is 0 Å². The number of aryl methyl sites for hydroxylation is 1. The summed E-state index contributed by atoms with van der Waals surface area (Å²) in [5.74, 6) is -0.500. The van der Waals surface area contributed by atoms with Crippen LogP contribution >= 0.6 is 0 Å². The van der Waals surface area contributed by atoms with Crippen molar-refractivity contribution in [1.82, 2.24) is 10.2 Å². The average molecular weight is 165 g/mol. The Bertz CT molecular complexity index is 433. The molecule has 0 aliphatic carbocycles. The van der Waals surface area contributed by atoms with Crippen LogP contribution in [0.15, 0.2) is 12.1 Å². The predicted molar refractivity (Wildman–Crippen MR) is 45.2 cm³/mol. The molecule has 0 aliphatic rings. The molecule has 1 aromatic carbocycles. The monoisotopic (exact) mass is 165 g/mol. The number of hydrogen-bond donors (Lipinski definition) is 2. The molecule has 0 unspecified atom stereocenters. The predicted octanol–water partition coefficient (Wildman–Crippen LogP) is 1.59. The number of benzene rings is 1. The fourth-order valence-electron chi connectivity index (χ4n) is 1.29. The van der Waals surface area contributed by atoms with Gasteiger partial charge in [0.05, 0.1) is 10.9 Å². The molecule has 0 saturated heterocycles. The molecule has 0 aliphatic heterocycles. The lowest BCUT2D eigenvalue weighted by molar-refractivity contribution is 0.588. The molecule has 4 heteroatoms. The molecule has 0 radical (unpaired) electrons. The van der Waals surface area contributed by atoms with Gasteiger partial charge in [-0.05, 0) is 24.6 Å². The van der Waals surface area contributed by atoms with Crippen LogP contribution < -0.4 is 5.73 Å². The van der Waals surface area contributed by atoms with Gasteiger partial charge in [0.25, 0.3) is 0 Å². The SMILES string of the molecule is Cc1cc(N)cc2c(F)n[nH]c12. The van der Waals surface area contributed by atoms with E-state index in [0.29, 0.717) is 16.6 Å². The van der Waals surface area contributed by atoms with Gasteiger partial charge in [-0.1, -0.05) is 0 Å². The fourth-order valence-corrected chi connectivity index (χ4v) is 1.29. The summed E-state index contributed by atoms with van der Waals surface area (Å²) in [6.45, 7) is 1.86. The van der Waals surface area contributed by atoms with E-state index >= 15 is 0 Å². The number of nitrogens with one attached hydrogen (secondary N) is 1. The Morgan fingerprint density at radius 1 is 1.50 bits per heavy atom. The molecule has 12 heavy (non-hydrogen) atoms. The van der Waals surface area contributed by atoms with Gasteiger partial charge >= 0.3 is 0 Å². The fraction of sp³-hybridized carbons (Fsp3) is 0.125. The van der Waals surface area contributed by atoms with Crippen LogP contribution in [0, 0.1) is 12.9 Å². The number of aromatic amines is 1. The molecule has 3 N–H and O–H groups in total. The number of nitrogens with two attached hydrogens (primary N) is 1. The van der Waals surface area contributed by atoms with Crippen LogP contribution in [0.5, 0.6) is 0 Å². The van der Waals surface area contributed by atoms with Crippen LogP contribution in [0.4, 0.5) is 10.1 Å². The number of H-pyrrole nitrogens is 1. The first-order valence-electron chi connectivity index (χ1n) is 3.58. The van der Waals surface area contributed by atoms with Crippen molar-refractivity contribution in [3.8, 4) is 0 Å². The average Bonchev–Trinajstić information content (AvgIpc) is 2.33. The minimum Gasteiger partial charge on any atom is -0.399 e. The molecule has 62 valence electrons. The Hall–Kier alpha value is -1.58. The molecule has 3 nitrogen and oxygen atoms in total. The van der Waals surface area contributed by atoms with E-state index in [4.69, 9.17) is 5.73 Å². The molecule has 0 saturated carbocycles. The molecular formula is C8H8FN3. The third-order valence-corrected chi connectivity index (χ3v) is 1.85. The van der Waals surface area contributed by atoms with Crippen molar-refractivity contribution in [1.29, 1.82) is 0 Å². The number of rotatable bonds is 0. The molecular weight excluding hydrogens is 157 g/mol. The largest absolute Gasteiger partial charge is 0.399 e. The van der Waals surface area contributed by atoms with Gasteiger partial charge in [0.2, 0.25) is 5.95 Å². The Morgan fingerprint density at radius 3 is 3.00 bits per heavy atom. The molecule has 0 spiro atoms. The zero-order chi connectivity index (χ0) is 8.72. The van der Waals surface area contributed by atoms with Crippen LogP contribution in [0.2, 0.25) is 0 Å². The molecule has 1 heterocycles. The lowest BCUT2D eigenvalue weighted by atomic mass is 10.1. The molecule has 2 rings (SSSR count). The van der Waals surface area contributed by atoms with E-state index < -0.39 is 5.95 Å². The van der Waals surface area contributed by atoms with Crippen LogP contribution in [0.25, 0.3) is 10.9 Å². The van der Waals surface area contributed by atoms with Crippen molar-refractivity contribution in [2.45, 2.75) is 6.92 Å². The van der Waals surface area contributed by atoms with E-state index in [1.165, 1.54) is 0 Å². The van der Waals surface area contributed by atoms with Crippen LogP contribution in [-0.4, -0.2) is 10.2 Å². The number of aromatic nitrogens is 2. The van der Waals surface area contributed by atoms with Crippen LogP contribution in [0.1, 0.15) is 5.56 Å². The third kappa shape index (κ3) is 0.845. The zero-order valence-electron chi connectivity index (χ0n) is 6.56. The number of nitrogens with zero attached hydrogens (tertiary/aromatic N) is 1. The normalized spacial score (nSPS) is 10.8. The highest BCUT2D eigenvalue weighted by atomic mass is 19.1. The van der Waals surface area contributed by atoms with Gasteiger partial charge in [0.1, 0.15) is 0 Å². The lowest BCUT2D eigenvalue weighted by Gasteiger charge is -1.96. The van der Waals surface area contributed by atoms with Crippen molar-refractivity contribution in [2.75, 3.05) is 5.73 Å². The second-order valence-corrected chi connectivity index (χ2v) is 2.77. The molecule has 0 atom stereocenters. The summed E-state index contributed by atoms with van der Waals surface area (Å²) in [7, 11) is 0. The van der Waals surface area contributed by atoms with Gasteiger partial charge in [-0.15, -0.1) is 5.10 Å². The van der Waals surface area contributed by atoms with Crippen molar-refractivity contribution < 1.29 is 4.39 Å². The molecule has 0 bridgehead atoms. The second-order valence-electron chi connectivity index (χ2n) is 2.77. The van der Waals surface area contributed by atoms with E-state index in [2.05, 4.69) is 10.2 Å². The summed E-state index contributed by atoms with van der Waals surface area (Å²) in [6.07, 6.45) is 0. The summed E-state index contributed by atoms with van der Waals surface area (Å²) < 4.78 is 12.9. The van der Waals surface area contributed by atoms with Gasteiger partial charge in [0.15, 0.2) is 0 Å². The smallest absolute Gasteiger partial charge is 0.240 e. The van der Waals surface area contributed by atoms with Crippen molar-refractivity contribution >= 4 is 16.6 Å². The number of nitrogen functional groups attached to an aromatic ring is 1. The Morgan fingerprint density at radius 2 is 2.25 bits per heavy atom. The minimum atomic E-state index is -0.500. The summed E-state index contributed by atoms with van der Waals surface area (Å²) in [5.41, 5.74) is 7.71. The number of anilines is 1. The van der Waals surface area contributed by atoms with Crippen molar-refractivity contribution in [3.05, 3.63) is 23.6 Å². The maximum absolute atomic E-state index is 12.9. The van der Waals surface area contributed by atoms with Crippen molar-refractivity contribution in [3.63, 3.8) is 0 Å². The van der Waals surface area contributed by atoms with Gasteiger partial charge in [0, 0.05) is 5.69 Å². The van der Waals surface area contributed by atoms with Crippen LogP contribution in [-0.2, 0) is 0 Å². The standard InChI is InChI=1S/C8H8FN3/c1-4-2-5(10)3-6-7(4)11-12-8(6)9/h2-3H,10H2,1H3,(H,11,12). The number of hydrogen-bond acceptors (Lipinski definition) is 2. The highest BCUT2D eigenvalue weighted by Gasteiger charge is 2.06. The summed E-state index contributed by atoms with van der Waals surface area (Å²) in [5, 5.41) is 6.50. The van der Waals surface area contributed by atoms with Gasteiger partial charge in [-0.3, -0.25) is 5.10 Å². The Labute approximate surface area is 68.4 Å². The van der Waals surface area contributed by atoms with E-state index in [0.717, 1.165) is 5.56 Å². The second kappa shape index (κ2) is 2.20. The van der Waals surface area contributed by atoms with Crippen LogP contribution in [0.3, 0.4) is 0 Å².